The van der Waals surface area contributed by atoms with E-state index in [9.17, 15) is 43.2 Å². The fourth-order valence-corrected chi connectivity index (χ4v) is 14.2. The van der Waals surface area contributed by atoms with Gasteiger partial charge in [-0.3, -0.25) is 37.3 Å². The van der Waals surface area contributed by atoms with Crippen molar-refractivity contribution in [3.63, 3.8) is 0 Å². The van der Waals surface area contributed by atoms with Crippen LogP contribution in [0.25, 0.3) is 0 Å². The van der Waals surface area contributed by atoms with E-state index in [0.29, 0.717) is 25.7 Å². The summed E-state index contributed by atoms with van der Waals surface area (Å²) in [5.74, 6) is -1.30. The number of rotatable bonds is 81. The van der Waals surface area contributed by atoms with Gasteiger partial charge in [-0.1, -0.05) is 381 Å². The lowest BCUT2D eigenvalue weighted by atomic mass is 10.0. The molecule has 17 nitrogen and oxygen atoms in total. The molecule has 3 N–H and O–H groups in total. The van der Waals surface area contributed by atoms with E-state index < -0.39 is 97.5 Å². The average Bonchev–Trinajstić information content (AvgIpc) is 0.945. The van der Waals surface area contributed by atoms with Crippen LogP contribution < -0.4 is 0 Å². The summed E-state index contributed by atoms with van der Waals surface area (Å²) in [5, 5.41) is 10.6. The zero-order chi connectivity index (χ0) is 73.4. The highest BCUT2D eigenvalue weighted by molar-refractivity contribution is 7.47. The van der Waals surface area contributed by atoms with Crippen LogP contribution in [-0.4, -0.2) is 96.7 Å². The van der Waals surface area contributed by atoms with Crippen molar-refractivity contribution in [2.75, 3.05) is 39.6 Å². The minimum atomic E-state index is -4.96. The molecule has 100 heavy (non-hydrogen) atoms. The summed E-state index contributed by atoms with van der Waals surface area (Å²) in [7, 11) is -9.91. The number of carbonyl (C=O) groups excluding carboxylic acids is 4. The summed E-state index contributed by atoms with van der Waals surface area (Å²) in [6.07, 6.45) is 65.3. The maximum Gasteiger partial charge on any atom is 0.472 e. The Hall–Kier alpha value is -1.94. The average molecular weight is 1470 g/mol. The van der Waals surface area contributed by atoms with E-state index in [-0.39, 0.29) is 25.7 Å². The molecule has 0 fully saturated rings. The molecule has 0 aliphatic carbocycles. The molecular formula is C81H158O17P2. The summed E-state index contributed by atoms with van der Waals surface area (Å²) in [6.45, 7) is 7.34. The second kappa shape index (κ2) is 73.9. The molecule has 0 aromatic rings. The minimum absolute atomic E-state index is 0.108. The monoisotopic (exact) mass is 1470 g/mol. The predicted molar refractivity (Wildman–Crippen MR) is 409 cm³/mol. The maximum atomic E-state index is 13.1. The lowest BCUT2D eigenvalue weighted by molar-refractivity contribution is -0.161. The van der Waals surface area contributed by atoms with Gasteiger partial charge in [0.05, 0.1) is 26.4 Å². The van der Waals surface area contributed by atoms with Gasteiger partial charge in [0.25, 0.3) is 0 Å². The normalized spacial score (nSPS) is 13.8. The first-order valence-corrected chi connectivity index (χ1v) is 45.1. The lowest BCUT2D eigenvalue weighted by Crippen LogP contribution is -2.30. The van der Waals surface area contributed by atoms with Crippen molar-refractivity contribution in [2.24, 2.45) is 5.92 Å². The Bertz CT molecular complexity index is 1910. The van der Waals surface area contributed by atoms with Gasteiger partial charge in [-0.2, -0.15) is 0 Å². The molecule has 0 radical (unpaired) electrons. The summed E-state index contributed by atoms with van der Waals surface area (Å²) < 4.78 is 68.6. The molecule has 0 aromatic carbocycles. The zero-order valence-electron chi connectivity index (χ0n) is 65.3. The van der Waals surface area contributed by atoms with Gasteiger partial charge in [0, 0.05) is 25.7 Å². The maximum absolute atomic E-state index is 13.1. The number of phosphoric ester groups is 2. The van der Waals surface area contributed by atoms with Gasteiger partial charge >= 0.3 is 39.5 Å². The van der Waals surface area contributed by atoms with Gasteiger partial charge < -0.3 is 33.8 Å². The van der Waals surface area contributed by atoms with Crippen molar-refractivity contribution < 1.29 is 80.2 Å². The van der Waals surface area contributed by atoms with Crippen LogP contribution in [-0.2, 0) is 65.4 Å². The molecule has 0 bridgehead atoms. The van der Waals surface area contributed by atoms with Crippen LogP contribution in [0.4, 0.5) is 0 Å². The topological polar surface area (TPSA) is 237 Å². The second-order valence-corrected chi connectivity index (χ2v) is 32.5. The molecule has 0 saturated carbocycles. The van der Waals surface area contributed by atoms with E-state index in [1.54, 1.807) is 0 Å². The van der Waals surface area contributed by atoms with Crippen LogP contribution in [0.5, 0.6) is 0 Å². The van der Waals surface area contributed by atoms with Crippen molar-refractivity contribution in [3.8, 4) is 0 Å². The first-order valence-electron chi connectivity index (χ1n) is 42.1. The van der Waals surface area contributed by atoms with E-state index >= 15 is 0 Å². The molecule has 0 aliphatic heterocycles. The number of esters is 4. The van der Waals surface area contributed by atoms with Crippen LogP contribution >= 0.6 is 15.6 Å². The summed E-state index contributed by atoms with van der Waals surface area (Å²) in [6, 6.07) is 0. The van der Waals surface area contributed by atoms with Gasteiger partial charge in [0.1, 0.15) is 19.3 Å². The lowest BCUT2D eigenvalue weighted by Gasteiger charge is -2.21. The molecule has 0 heterocycles. The van der Waals surface area contributed by atoms with E-state index in [2.05, 4.69) is 34.6 Å². The van der Waals surface area contributed by atoms with Crippen molar-refractivity contribution in [3.05, 3.63) is 0 Å². The SMILES string of the molecule is CCCCCCCCCCCCCCCCCCCCCC(=O)OC[C@H](COP(=O)(O)OC[C@@H](O)COP(=O)(O)OC[C@@H](COC(=O)CCCCCCCCCC)OC(=O)CCCCCCCCCCCCCCCC)OC(=O)CCCCCCCCCCCCCCCCCCC(C)C. The van der Waals surface area contributed by atoms with E-state index in [1.807, 2.05) is 0 Å². The van der Waals surface area contributed by atoms with Crippen LogP contribution in [0.3, 0.4) is 0 Å². The Morgan fingerprint density at radius 2 is 0.460 bits per heavy atom. The van der Waals surface area contributed by atoms with E-state index in [0.717, 1.165) is 102 Å². The van der Waals surface area contributed by atoms with Crippen molar-refractivity contribution in [1.82, 2.24) is 0 Å². The highest BCUT2D eigenvalue weighted by atomic mass is 31.2. The first kappa shape index (κ1) is 98.1. The number of aliphatic hydroxyl groups excluding tert-OH is 1. The Morgan fingerprint density at radius 3 is 0.680 bits per heavy atom. The third kappa shape index (κ3) is 74.3. The third-order valence-electron chi connectivity index (χ3n) is 19.0. The van der Waals surface area contributed by atoms with Crippen LogP contribution in [0.2, 0.25) is 0 Å². The van der Waals surface area contributed by atoms with Crippen molar-refractivity contribution >= 4 is 39.5 Å². The van der Waals surface area contributed by atoms with Gasteiger partial charge in [0.15, 0.2) is 12.2 Å². The smallest absolute Gasteiger partial charge is 0.462 e. The summed E-state index contributed by atoms with van der Waals surface area (Å²) >= 11 is 0. The molecule has 19 heteroatoms. The third-order valence-corrected chi connectivity index (χ3v) is 20.9. The van der Waals surface area contributed by atoms with Gasteiger partial charge in [-0.25, -0.2) is 9.13 Å². The van der Waals surface area contributed by atoms with E-state index in [4.69, 9.17) is 37.0 Å². The number of hydrogen-bond donors (Lipinski definition) is 3. The van der Waals surface area contributed by atoms with Crippen LogP contribution in [0.15, 0.2) is 0 Å². The first-order chi connectivity index (χ1) is 48.5. The van der Waals surface area contributed by atoms with Crippen molar-refractivity contribution in [2.45, 2.75) is 451 Å². The number of ether oxygens (including phenoxy) is 4. The number of phosphoric acid groups is 2. The molecule has 0 amide bonds. The molecule has 2 unspecified atom stereocenters. The molecule has 0 aromatic heterocycles. The molecule has 0 saturated heterocycles. The fraction of sp³-hybridized carbons (Fsp3) is 0.951. The van der Waals surface area contributed by atoms with Crippen LogP contribution in [0.1, 0.15) is 433 Å². The number of carbonyl (C=O) groups is 4. The Balaban J connectivity index is 5.19. The van der Waals surface area contributed by atoms with E-state index in [1.165, 1.54) is 250 Å². The van der Waals surface area contributed by atoms with Gasteiger partial charge in [-0.15, -0.1) is 0 Å². The summed E-state index contributed by atoms with van der Waals surface area (Å²) in [4.78, 5) is 72.9. The molecule has 0 spiro atoms. The fourth-order valence-electron chi connectivity index (χ4n) is 12.6. The highest BCUT2D eigenvalue weighted by Gasteiger charge is 2.30. The van der Waals surface area contributed by atoms with Crippen LogP contribution in [0, 0.1) is 5.92 Å². The highest BCUT2D eigenvalue weighted by Crippen LogP contribution is 2.45. The molecule has 594 valence electrons. The largest absolute Gasteiger partial charge is 0.472 e. The predicted octanol–water partition coefficient (Wildman–Crippen LogP) is 24.4. The molecule has 0 aliphatic rings. The molecular weight excluding hydrogens is 1310 g/mol. The van der Waals surface area contributed by atoms with Gasteiger partial charge in [-0.05, 0) is 31.6 Å². The molecule has 0 rings (SSSR count). The number of aliphatic hydroxyl groups is 1. The minimum Gasteiger partial charge on any atom is -0.462 e. The zero-order valence-corrected chi connectivity index (χ0v) is 67.1. The van der Waals surface area contributed by atoms with Crippen molar-refractivity contribution in [1.29, 1.82) is 0 Å². The Morgan fingerprint density at radius 1 is 0.270 bits per heavy atom. The Labute approximate surface area is 613 Å². The number of hydrogen-bond acceptors (Lipinski definition) is 15. The molecule has 5 atom stereocenters. The second-order valence-electron chi connectivity index (χ2n) is 29.6. The Kier molecular flexibility index (Phi) is 72.5. The van der Waals surface area contributed by atoms with Gasteiger partial charge in [0.2, 0.25) is 0 Å². The standard InChI is InChI=1S/C81H158O17P2/c1-6-9-12-15-18-21-23-25-27-28-29-30-34-38-41-45-50-55-60-65-79(84)92-71-77(98-81(86)67-62-57-52-47-43-39-35-32-31-33-36-40-44-48-53-58-63-74(4)5)73-96-100(89,90)94-69-75(82)68-93-99(87,88)95-72-76(70-91-78(83)64-59-54-49-20-17-14-11-8-3)97-80(85)66-61-56-51-46-42-37-26-24-22-19-16-13-10-7-2/h74-77,82H,6-73H2,1-5H3,(H,87,88)(H,89,90)/t75-,76+,77+/m0/s1. The number of unbranched alkanes of at least 4 members (excludes halogenated alkanes) is 53. The summed E-state index contributed by atoms with van der Waals surface area (Å²) in [5.41, 5.74) is 0. The quantitative estimate of drug-likeness (QED) is 0.0222.